The summed E-state index contributed by atoms with van der Waals surface area (Å²) in [6, 6.07) is 0. The lowest BCUT2D eigenvalue weighted by Crippen LogP contribution is -2.24. The lowest BCUT2D eigenvalue weighted by molar-refractivity contribution is -0.0347. The van der Waals surface area contributed by atoms with E-state index in [0.29, 0.717) is 36.6 Å². The molecule has 3 aliphatic rings. The highest BCUT2D eigenvalue weighted by atomic mass is 16.5. The van der Waals surface area contributed by atoms with E-state index >= 15 is 0 Å². The maximum absolute atomic E-state index is 5.69. The Morgan fingerprint density at radius 3 is 0.839 bits per heavy atom. The highest BCUT2D eigenvalue weighted by molar-refractivity contribution is 4.73. The molecule has 0 aromatic heterocycles. The normalized spacial score (nSPS) is 17.9. The minimum atomic E-state index is 0.420. The van der Waals surface area contributed by atoms with Crippen LogP contribution in [0.15, 0.2) is 0 Å². The van der Waals surface area contributed by atoms with E-state index in [1.807, 2.05) is 41.5 Å². The molecular weight excluding hydrogens is 384 g/mol. The van der Waals surface area contributed by atoms with Crippen LogP contribution in [0.3, 0.4) is 0 Å². The van der Waals surface area contributed by atoms with Crippen LogP contribution in [0.1, 0.15) is 147 Å². The summed E-state index contributed by atoms with van der Waals surface area (Å²) in [5.41, 5.74) is 0. The number of hydrogen-bond donors (Lipinski definition) is 0. The van der Waals surface area contributed by atoms with Crippen LogP contribution in [-0.4, -0.2) is 36.6 Å². The van der Waals surface area contributed by atoms with Gasteiger partial charge in [0.2, 0.25) is 0 Å². The van der Waals surface area contributed by atoms with Gasteiger partial charge in [-0.05, 0) is 86.5 Å². The lowest BCUT2D eigenvalue weighted by Gasteiger charge is -2.27. The second-order valence-electron chi connectivity index (χ2n) is 8.57. The number of hydrogen-bond acceptors (Lipinski definition) is 3. The fourth-order valence-electron chi connectivity index (χ4n) is 3.07. The van der Waals surface area contributed by atoms with Crippen LogP contribution in [0, 0.1) is 0 Å². The highest BCUT2D eigenvalue weighted by Crippen LogP contribution is 2.24. The monoisotopic (exact) mass is 446 g/mol. The van der Waals surface area contributed by atoms with E-state index in [2.05, 4.69) is 41.5 Å². The highest BCUT2D eigenvalue weighted by Gasteiger charge is 2.22. The molecule has 31 heavy (non-hydrogen) atoms. The number of ether oxygens (including phenoxy) is 3. The van der Waals surface area contributed by atoms with Gasteiger partial charge >= 0.3 is 0 Å². The second kappa shape index (κ2) is 26.1. The zero-order valence-electron chi connectivity index (χ0n) is 23.8. The molecule has 3 fully saturated rings. The molecule has 0 aromatic rings. The predicted octanol–water partition coefficient (Wildman–Crippen LogP) is 9.36. The van der Waals surface area contributed by atoms with Crippen molar-refractivity contribution in [2.45, 2.75) is 184 Å². The van der Waals surface area contributed by atoms with E-state index in [9.17, 15) is 0 Å². The summed E-state index contributed by atoms with van der Waals surface area (Å²) >= 11 is 0. The Kier molecular flexibility index (Phi) is 29.9. The average molecular weight is 447 g/mol. The minimum absolute atomic E-state index is 0.420. The van der Waals surface area contributed by atoms with Gasteiger partial charge < -0.3 is 14.2 Å². The van der Waals surface area contributed by atoms with Crippen molar-refractivity contribution in [2.24, 2.45) is 0 Å². The SMILES string of the molecule is CC.CC.CC.CC(C)OC1CC1.CC(C)OC1CCC1.CC(C)OC1CCCCC1. The summed E-state index contributed by atoms with van der Waals surface area (Å²) in [5, 5.41) is 0. The molecule has 3 rings (SSSR count). The van der Waals surface area contributed by atoms with E-state index in [4.69, 9.17) is 14.2 Å². The quantitative estimate of drug-likeness (QED) is 0.406. The first kappa shape index (κ1) is 35.5. The molecule has 3 aliphatic carbocycles. The van der Waals surface area contributed by atoms with Crippen molar-refractivity contribution < 1.29 is 14.2 Å². The van der Waals surface area contributed by atoms with E-state index in [0.717, 1.165) is 0 Å². The summed E-state index contributed by atoms with van der Waals surface area (Å²) < 4.78 is 16.5. The third-order valence-corrected chi connectivity index (χ3v) is 4.52. The van der Waals surface area contributed by atoms with Crippen molar-refractivity contribution in [1.82, 2.24) is 0 Å². The second-order valence-corrected chi connectivity index (χ2v) is 8.57. The van der Waals surface area contributed by atoms with Crippen LogP contribution in [0.5, 0.6) is 0 Å². The first-order valence-corrected chi connectivity index (χ1v) is 13.8. The van der Waals surface area contributed by atoms with E-state index < -0.39 is 0 Å². The summed E-state index contributed by atoms with van der Waals surface area (Å²) in [5.74, 6) is 0. The van der Waals surface area contributed by atoms with Gasteiger partial charge in [0.1, 0.15) is 0 Å². The maximum atomic E-state index is 5.69. The van der Waals surface area contributed by atoms with Gasteiger partial charge in [-0.1, -0.05) is 60.8 Å². The molecule has 3 saturated carbocycles. The average Bonchev–Trinajstić information content (AvgIpc) is 3.54. The first-order valence-electron chi connectivity index (χ1n) is 13.8. The van der Waals surface area contributed by atoms with Crippen LogP contribution in [0.25, 0.3) is 0 Å². The van der Waals surface area contributed by atoms with Crippen LogP contribution in [0.4, 0.5) is 0 Å². The molecule has 0 heterocycles. The van der Waals surface area contributed by atoms with Gasteiger partial charge in [-0.25, -0.2) is 0 Å². The summed E-state index contributed by atoms with van der Waals surface area (Å²) in [7, 11) is 0. The van der Waals surface area contributed by atoms with Crippen molar-refractivity contribution in [3.63, 3.8) is 0 Å². The molecule has 0 atom stereocenters. The van der Waals surface area contributed by atoms with E-state index in [-0.39, 0.29) is 0 Å². The maximum Gasteiger partial charge on any atom is 0.0580 e. The fourth-order valence-corrected chi connectivity index (χ4v) is 3.07. The van der Waals surface area contributed by atoms with E-state index in [1.54, 1.807) is 0 Å². The standard InChI is InChI=1S/C9H18O.C7H14O.C6H12O.3C2H6/c1-8(2)10-9-6-4-3-5-7-9;1-6(2)8-7-4-3-5-7;1-5(2)7-6-3-4-6;3*1-2/h8-9H,3-7H2,1-2H3;6-7H,3-5H2,1-2H3;5-6H,3-4H2,1-2H3;3*1-2H3. The van der Waals surface area contributed by atoms with Crippen LogP contribution in [-0.2, 0) is 14.2 Å². The Balaban J connectivity index is -0.000000341. The Labute approximate surface area is 198 Å². The molecule has 0 aromatic carbocycles. The predicted molar refractivity (Wildman–Crippen MR) is 140 cm³/mol. The number of rotatable bonds is 6. The van der Waals surface area contributed by atoms with Crippen LogP contribution < -0.4 is 0 Å². The molecule has 0 amide bonds. The van der Waals surface area contributed by atoms with Crippen molar-refractivity contribution in [2.75, 3.05) is 0 Å². The molecule has 0 unspecified atom stereocenters. The summed E-state index contributed by atoms with van der Waals surface area (Å²) in [4.78, 5) is 0. The van der Waals surface area contributed by atoms with Gasteiger partial charge in [0.25, 0.3) is 0 Å². The molecule has 0 N–H and O–H groups in total. The van der Waals surface area contributed by atoms with Crippen molar-refractivity contribution in [3.05, 3.63) is 0 Å². The molecule has 0 spiro atoms. The Morgan fingerprint density at radius 2 is 0.645 bits per heavy atom. The van der Waals surface area contributed by atoms with E-state index in [1.165, 1.54) is 64.2 Å². The zero-order valence-corrected chi connectivity index (χ0v) is 23.8. The lowest BCUT2D eigenvalue weighted by atomic mass is 9.96. The molecule has 0 aliphatic heterocycles. The molecule has 3 heteroatoms. The van der Waals surface area contributed by atoms with Gasteiger partial charge in [-0.2, -0.15) is 0 Å². The largest absolute Gasteiger partial charge is 0.376 e. The Hall–Kier alpha value is -0.120. The van der Waals surface area contributed by atoms with Gasteiger partial charge in [0, 0.05) is 0 Å². The molecular formula is C28H62O3. The third kappa shape index (κ3) is 27.8. The van der Waals surface area contributed by atoms with Gasteiger partial charge in [-0.3, -0.25) is 0 Å². The van der Waals surface area contributed by atoms with Gasteiger partial charge in [0.15, 0.2) is 0 Å². The first-order chi connectivity index (χ1) is 14.9. The Morgan fingerprint density at radius 1 is 0.387 bits per heavy atom. The van der Waals surface area contributed by atoms with Crippen molar-refractivity contribution in [1.29, 1.82) is 0 Å². The van der Waals surface area contributed by atoms with Crippen LogP contribution >= 0.6 is 0 Å². The molecule has 3 nitrogen and oxygen atoms in total. The molecule has 0 bridgehead atoms. The Bertz CT molecular complexity index is 301. The molecule has 0 radical (unpaired) electrons. The van der Waals surface area contributed by atoms with Crippen LogP contribution in [0.2, 0.25) is 0 Å². The summed E-state index contributed by atoms with van der Waals surface area (Å²) in [6.07, 6.45) is 16.4. The van der Waals surface area contributed by atoms with Crippen molar-refractivity contribution in [3.8, 4) is 0 Å². The zero-order chi connectivity index (χ0) is 24.7. The minimum Gasteiger partial charge on any atom is -0.376 e. The fraction of sp³-hybridized carbons (Fsp3) is 1.00. The molecule has 192 valence electrons. The third-order valence-electron chi connectivity index (χ3n) is 4.52. The van der Waals surface area contributed by atoms with Gasteiger partial charge in [-0.15, -0.1) is 0 Å². The summed E-state index contributed by atoms with van der Waals surface area (Å²) in [6.45, 7) is 24.6. The smallest absolute Gasteiger partial charge is 0.0580 e. The van der Waals surface area contributed by atoms with Crippen molar-refractivity contribution >= 4 is 0 Å². The van der Waals surface area contributed by atoms with Gasteiger partial charge in [0.05, 0.1) is 36.6 Å². The molecule has 0 saturated heterocycles. The topological polar surface area (TPSA) is 27.7 Å².